The third kappa shape index (κ3) is 2.58. The Morgan fingerprint density at radius 1 is 1.60 bits per heavy atom. The molecular weight excluding hydrogens is 208 g/mol. The Bertz CT molecular complexity index is 344. The molecule has 1 fully saturated rings. The van der Waals surface area contributed by atoms with Crippen LogP contribution in [0.25, 0.3) is 0 Å². The van der Waals surface area contributed by atoms with Crippen LogP contribution in [0, 0.1) is 0 Å². The normalized spacial score (nSPS) is 19.7. The van der Waals surface area contributed by atoms with Gasteiger partial charge in [0.25, 0.3) is 0 Å². The lowest BCUT2D eigenvalue weighted by atomic mass is 10.1. The molecule has 1 aromatic heterocycles. The summed E-state index contributed by atoms with van der Waals surface area (Å²) in [5.41, 5.74) is 0. The molecule has 0 aromatic carbocycles. The first-order valence-corrected chi connectivity index (χ1v) is 6.20. The van der Waals surface area contributed by atoms with Crippen LogP contribution in [0.2, 0.25) is 0 Å². The molecule has 0 radical (unpaired) electrons. The van der Waals surface area contributed by atoms with Crippen LogP contribution >= 0.6 is 11.3 Å². The zero-order valence-electron chi connectivity index (χ0n) is 8.88. The predicted molar refractivity (Wildman–Crippen MR) is 62.0 cm³/mol. The molecule has 15 heavy (non-hydrogen) atoms. The second-order valence-corrected chi connectivity index (χ2v) is 4.99. The number of hydrogen-bond acceptors (Lipinski definition) is 3. The molecule has 1 atom stereocenters. The maximum atomic E-state index is 11.5. The maximum absolute atomic E-state index is 11.5. The number of rotatable bonds is 4. The highest BCUT2D eigenvalue weighted by molar-refractivity contribution is 7.11. The Kier molecular flexibility index (Phi) is 3.38. The van der Waals surface area contributed by atoms with E-state index in [2.05, 4.69) is 29.7 Å². The van der Waals surface area contributed by atoms with Crippen LogP contribution in [0.3, 0.4) is 0 Å². The van der Waals surface area contributed by atoms with E-state index in [-0.39, 0.29) is 11.9 Å². The summed E-state index contributed by atoms with van der Waals surface area (Å²) in [6.45, 7) is 3.78. The van der Waals surface area contributed by atoms with E-state index in [0.29, 0.717) is 6.54 Å². The molecule has 0 bridgehead atoms. The van der Waals surface area contributed by atoms with E-state index in [1.165, 1.54) is 9.75 Å². The third-order valence-electron chi connectivity index (χ3n) is 2.64. The minimum Gasteiger partial charge on any atom is -0.350 e. The van der Waals surface area contributed by atoms with Crippen molar-refractivity contribution in [2.24, 2.45) is 0 Å². The average molecular weight is 224 g/mol. The number of carbonyl (C=O) groups excluding carboxylic acids is 1. The van der Waals surface area contributed by atoms with Crippen LogP contribution in [0.1, 0.15) is 23.1 Å². The molecule has 2 N–H and O–H groups in total. The molecule has 2 rings (SSSR count). The fourth-order valence-corrected chi connectivity index (χ4v) is 2.41. The van der Waals surface area contributed by atoms with Crippen molar-refractivity contribution in [2.75, 3.05) is 6.54 Å². The van der Waals surface area contributed by atoms with Crippen LogP contribution < -0.4 is 10.6 Å². The lowest BCUT2D eigenvalue weighted by molar-refractivity contribution is -0.124. The highest BCUT2D eigenvalue weighted by Crippen LogP contribution is 2.16. The number of thiophene rings is 1. The standard InChI is InChI=1S/C11H16N2OS/c1-2-8-3-4-9(15-8)7-13-11(14)10-5-6-12-10/h3-4,10,12H,2,5-7H2,1H3,(H,13,14)/t10-/m1/s1. The van der Waals surface area contributed by atoms with Gasteiger partial charge in [-0.15, -0.1) is 11.3 Å². The second kappa shape index (κ2) is 4.77. The Morgan fingerprint density at radius 3 is 2.87 bits per heavy atom. The van der Waals surface area contributed by atoms with Gasteiger partial charge in [0.2, 0.25) is 5.91 Å². The molecule has 3 nitrogen and oxygen atoms in total. The van der Waals surface area contributed by atoms with Crippen LogP contribution in [-0.4, -0.2) is 18.5 Å². The topological polar surface area (TPSA) is 41.1 Å². The van der Waals surface area contributed by atoms with Gasteiger partial charge in [-0.2, -0.15) is 0 Å². The molecule has 1 saturated heterocycles. The van der Waals surface area contributed by atoms with Gasteiger partial charge >= 0.3 is 0 Å². The quantitative estimate of drug-likeness (QED) is 0.809. The molecule has 82 valence electrons. The number of hydrogen-bond donors (Lipinski definition) is 2. The molecule has 1 aromatic rings. The fourth-order valence-electron chi connectivity index (χ4n) is 1.52. The number of carbonyl (C=O) groups is 1. The Morgan fingerprint density at radius 2 is 2.33 bits per heavy atom. The van der Waals surface area contributed by atoms with Gasteiger partial charge in [-0.1, -0.05) is 6.92 Å². The Hall–Kier alpha value is -0.870. The van der Waals surface area contributed by atoms with E-state index in [4.69, 9.17) is 0 Å². The lowest BCUT2D eigenvalue weighted by Crippen LogP contribution is -2.52. The van der Waals surface area contributed by atoms with Crippen molar-refractivity contribution in [3.63, 3.8) is 0 Å². The molecule has 4 heteroatoms. The lowest BCUT2D eigenvalue weighted by Gasteiger charge is -2.26. The minimum absolute atomic E-state index is 0.0515. The maximum Gasteiger partial charge on any atom is 0.237 e. The van der Waals surface area contributed by atoms with E-state index in [1.54, 1.807) is 11.3 Å². The zero-order chi connectivity index (χ0) is 10.7. The SMILES string of the molecule is CCc1ccc(CNC(=O)[C@H]2CCN2)s1. The molecule has 0 spiro atoms. The number of nitrogens with one attached hydrogen (secondary N) is 2. The molecule has 2 heterocycles. The van der Waals surface area contributed by atoms with Crippen molar-refractivity contribution in [1.82, 2.24) is 10.6 Å². The van der Waals surface area contributed by atoms with Crippen LogP contribution in [0.15, 0.2) is 12.1 Å². The summed E-state index contributed by atoms with van der Waals surface area (Å²) in [5.74, 6) is 0.132. The summed E-state index contributed by atoms with van der Waals surface area (Å²) >= 11 is 1.78. The molecule has 0 saturated carbocycles. The molecule has 1 amide bonds. The van der Waals surface area contributed by atoms with Gasteiger partial charge in [-0.05, 0) is 31.5 Å². The Labute approximate surface area is 93.9 Å². The van der Waals surface area contributed by atoms with Gasteiger partial charge in [0.1, 0.15) is 0 Å². The highest BCUT2D eigenvalue weighted by atomic mass is 32.1. The summed E-state index contributed by atoms with van der Waals surface area (Å²) in [6.07, 6.45) is 2.04. The smallest absolute Gasteiger partial charge is 0.237 e. The number of amides is 1. The molecule has 1 aliphatic heterocycles. The van der Waals surface area contributed by atoms with Gasteiger partial charge in [-0.25, -0.2) is 0 Å². The van der Waals surface area contributed by atoms with E-state index in [9.17, 15) is 4.79 Å². The van der Waals surface area contributed by atoms with Crippen LogP contribution in [0.4, 0.5) is 0 Å². The summed E-state index contributed by atoms with van der Waals surface area (Å²) < 4.78 is 0. The zero-order valence-corrected chi connectivity index (χ0v) is 9.69. The van der Waals surface area contributed by atoms with Gasteiger partial charge in [0, 0.05) is 9.75 Å². The molecule has 0 unspecified atom stereocenters. The molecule has 0 aliphatic carbocycles. The van der Waals surface area contributed by atoms with Gasteiger partial charge in [0.05, 0.1) is 12.6 Å². The van der Waals surface area contributed by atoms with Crippen LogP contribution in [0.5, 0.6) is 0 Å². The fraction of sp³-hybridized carbons (Fsp3) is 0.545. The summed E-state index contributed by atoms with van der Waals surface area (Å²) in [5, 5.41) is 6.04. The van der Waals surface area contributed by atoms with E-state index in [1.807, 2.05) is 0 Å². The minimum atomic E-state index is 0.0515. The highest BCUT2D eigenvalue weighted by Gasteiger charge is 2.23. The van der Waals surface area contributed by atoms with Crippen molar-refractivity contribution in [1.29, 1.82) is 0 Å². The van der Waals surface area contributed by atoms with Crippen molar-refractivity contribution >= 4 is 17.2 Å². The Balaban J connectivity index is 1.79. The second-order valence-electron chi connectivity index (χ2n) is 3.73. The number of aryl methyl sites for hydroxylation is 1. The first kappa shape index (κ1) is 10.6. The van der Waals surface area contributed by atoms with Crippen molar-refractivity contribution < 1.29 is 4.79 Å². The van der Waals surface area contributed by atoms with Gasteiger partial charge < -0.3 is 10.6 Å². The van der Waals surface area contributed by atoms with Crippen molar-refractivity contribution in [2.45, 2.75) is 32.4 Å². The summed E-state index contributed by atoms with van der Waals surface area (Å²) in [4.78, 5) is 14.1. The van der Waals surface area contributed by atoms with E-state index >= 15 is 0 Å². The van der Waals surface area contributed by atoms with Crippen molar-refractivity contribution in [3.8, 4) is 0 Å². The molecule has 1 aliphatic rings. The van der Waals surface area contributed by atoms with Gasteiger partial charge in [0.15, 0.2) is 0 Å². The predicted octanol–water partition coefficient (Wildman–Crippen LogP) is 1.29. The summed E-state index contributed by atoms with van der Waals surface area (Å²) in [7, 11) is 0. The van der Waals surface area contributed by atoms with E-state index < -0.39 is 0 Å². The van der Waals surface area contributed by atoms with Gasteiger partial charge in [-0.3, -0.25) is 4.79 Å². The average Bonchev–Trinajstić information content (AvgIpc) is 2.59. The molecular formula is C11H16N2OS. The van der Waals surface area contributed by atoms with E-state index in [0.717, 1.165) is 19.4 Å². The van der Waals surface area contributed by atoms with Crippen LogP contribution in [-0.2, 0) is 17.8 Å². The summed E-state index contributed by atoms with van der Waals surface area (Å²) in [6, 6.07) is 4.28. The third-order valence-corrected chi connectivity index (χ3v) is 3.87. The largest absolute Gasteiger partial charge is 0.350 e. The first-order chi connectivity index (χ1) is 7.29. The van der Waals surface area contributed by atoms with Crippen molar-refractivity contribution in [3.05, 3.63) is 21.9 Å². The monoisotopic (exact) mass is 224 g/mol. The first-order valence-electron chi connectivity index (χ1n) is 5.38.